The first-order valence-electron chi connectivity index (χ1n) is 7.41. The number of ether oxygens (including phenoxy) is 1. The minimum atomic E-state index is -0.260. The molecule has 3 aromatic rings. The van der Waals surface area contributed by atoms with Gasteiger partial charge in [-0.1, -0.05) is 11.6 Å². The van der Waals surface area contributed by atoms with Gasteiger partial charge in [-0.3, -0.25) is 4.79 Å². The van der Waals surface area contributed by atoms with Crippen molar-refractivity contribution in [3.05, 3.63) is 69.2 Å². The van der Waals surface area contributed by atoms with Crippen LogP contribution in [0.5, 0.6) is 5.75 Å². The molecule has 0 saturated carbocycles. The van der Waals surface area contributed by atoms with Gasteiger partial charge in [0.05, 0.1) is 17.1 Å². The summed E-state index contributed by atoms with van der Waals surface area (Å²) in [6.45, 7) is 1.70. The molecule has 7 heteroatoms. The molecule has 0 atom stereocenters. The molecule has 6 nitrogen and oxygen atoms in total. The third kappa shape index (κ3) is 3.67. The first-order valence-corrected chi connectivity index (χ1v) is 7.79. The largest absolute Gasteiger partial charge is 0.479 e. The molecule has 3 rings (SSSR count). The van der Waals surface area contributed by atoms with Gasteiger partial charge in [-0.25, -0.2) is 4.98 Å². The topological polar surface area (TPSA) is 80.3 Å². The van der Waals surface area contributed by atoms with E-state index in [-0.39, 0.29) is 12.2 Å². The van der Waals surface area contributed by atoms with E-state index in [1.165, 1.54) is 4.68 Å². The minimum Gasteiger partial charge on any atom is -0.479 e. The van der Waals surface area contributed by atoms with Gasteiger partial charge in [0.25, 0.3) is 5.56 Å². The molecule has 124 valence electrons. The summed E-state index contributed by atoms with van der Waals surface area (Å²) in [5, 5.41) is 13.7. The first-order chi connectivity index (χ1) is 12.1. The van der Waals surface area contributed by atoms with E-state index in [2.05, 4.69) is 10.1 Å². The van der Waals surface area contributed by atoms with Gasteiger partial charge in [0.15, 0.2) is 6.61 Å². The molecule has 0 unspecified atom stereocenters. The van der Waals surface area contributed by atoms with Gasteiger partial charge in [-0.2, -0.15) is 15.0 Å². The molecule has 1 heterocycles. The van der Waals surface area contributed by atoms with E-state index >= 15 is 0 Å². The zero-order valence-corrected chi connectivity index (χ0v) is 14.1. The normalized spacial score (nSPS) is 10.9. The number of aryl methyl sites for hydroxylation is 1. The Morgan fingerprint density at radius 1 is 1.32 bits per heavy atom. The van der Waals surface area contributed by atoms with Crippen molar-refractivity contribution < 1.29 is 4.74 Å². The highest BCUT2D eigenvalue weighted by Crippen LogP contribution is 2.15. The Balaban J connectivity index is 1.92. The van der Waals surface area contributed by atoms with Crippen LogP contribution in [0.2, 0.25) is 5.02 Å². The van der Waals surface area contributed by atoms with E-state index in [0.717, 1.165) is 5.56 Å². The lowest BCUT2D eigenvalue weighted by atomic mass is 10.2. The summed E-state index contributed by atoms with van der Waals surface area (Å²) >= 11 is 5.94. The summed E-state index contributed by atoms with van der Waals surface area (Å²) in [4.78, 5) is 16.9. The summed E-state index contributed by atoms with van der Waals surface area (Å²) < 4.78 is 6.43. The number of halogens is 1. The summed E-state index contributed by atoms with van der Waals surface area (Å²) in [5.74, 6) is 1.06. The van der Waals surface area contributed by atoms with Crippen LogP contribution in [0.3, 0.4) is 0 Å². The number of hydrogen-bond donors (Lipinski definition) is 0. The highest BCUT2D eigenvalue weighted by molar-refractivity contribution is 6.31. The van der Waals surface area contributed by atoms with Gasteiger partial charge in [-0.05, 0) is 55.0 Å². The number of hydrogen-bond acceptors (Lipinski definition) is 5. The standard InChI is InChI=1S/C18H13ClN4O2/c1-12-22-17-10-14(19)4-7-16(17)18(24)23(12)21-11-13-2-5-15(6-3-13)25-9-8-20/h2-7,10-11H,9H2,1H3/b21-11-. The maximum Gasteiger partial charge on any atom is 0.282 e. The molecular formula is C18H13ClN4O2. The van der Waals surface area contributed by atoms with E-state index < -0.39 is 0 Å². The highest BCUT2D eigenvalue weighted by atomic mass is 35.5. The molecule has 0 radical (unpaired) electrons. The molecular weight excluding hydrogens is 340 g/mol. The fourth-order valence-electron chi connectivity index (χ4n) is 2.29. The second-order valence-corrected chi connectivity index (χ2v) is 5.63. The SMILES string of the molecule is Cc1nc2cc(Cl)ccc2c(=O)n1/N=C\c1ccc(OCC#N)cc1. The Kier molecular flexibility index (Phi) is 4.78. The first kappa shape index (κ1) is 16.7. The van der Waals surface area contributed by atoms with Crippen molar-refractivity contribution in [2.45, 2.75) is 6.92 Å². The lowest BCUT2D eigenvalue weighted by Crippen LogP contribution is -2.20. The lowest BCUT2D eigenvalue weighted by Gasteiger charge is -2.06. The smallest absolute Gasteiger partial charge is 0.282 e. The number of rotatable bonds is 4. The molecule has 0 N–H and O–H groups in total. The average Bonchev–Trinajstić information content (AvgIpc) is 2.60. The molecule has 0 spiro atoms. The van der Waals surface area contributed by atoms with Gasteiger partial charge in [0, 0.05) is 5.02 Å². The van der Waals surface area contributed by atoms with E-state index in [1.807, 2.05) is 6.07 Å². The molecule has 0 amide bonds. The van der Waals surface area contributed by atoms with E-state index in [0.29, 0.717) is 27.5 Å². The van der Waals surface area contributed by atoms with Crippen LogP contribution in [0.4, 0.5) is 0 Å². The van der Waals surface area contributed by atoms with E-state index in [1.54, 1.807) is 55.6 Å². The van der Waals surface area contributed by atoms with E-state index in [9.17, 15) is 4.79 Å². The van der Waals surface area contributed by atoms with Crippen LogP contribution in [0.25, 0.3) is 10.9 Å². The van der Waals surface area contributed by atoms with Crippen LogP contribution in [0.15, 0.2) is 52.4 Å². The quantitative estimate of drug-likeness (QED) is 0.675. The zero-order chi connectivity index (χ0) is 17.8. The fourth-order valence-corrected chi connectivity index (χ4v) is 2.45. The van der Waals surface area contributed by atoms with Crippen LogP contribution in [0.1, 0.15) is 11.4 Å². The van der Waals surface area contributed by atoms with Crippen LogP contribution in [0, 0.1) is 18.3 Å². The summed E-state index contributed by atoms with van der Waals surface area (Å²) in [5.41, 5.74) is 1.07. The number of aromatic nitrogens is 2. The molecule has 1 aromatic heterocycles. The zero-order valence-electron chi connectivity index (χ0n) is 13.3. The third-order valence-corrected chi connectivity index (χ3v) is 3.71. The van der Waals surface area contributed by atoms with Crippen LogP contribution in [-0.2, 0) is 0 Å². The molecule has 2 aromatic carbocycles. The fraction of sp³-hybridized carbons (Fsp3) is 0.111. The van der Waals surface area contributed by atoms with Crippen molar-refractivity contribution in [3.63, 3.8) is 0 Å². The average molecular weight is 353 g/mol. The van der Waals surface area contributed by atoms with Gasteiger partial charge in [0.2, 0.25) is 0 Å². The van der Waals surface area contributed by atoms with Crippen LogP contribution in [-0.4, -0.2) is 22.5 Å². The van der Waals surface area contributed by atoms with Gasteiger partial charge in [-0.15, -0.1) is 0 Å². The summed E-state index contributed by atoms with van der Waals surface area (Å²) in [7, 11) is 0. The van der Waals surface area contributed by atoms with Crippen molar-refractivity contribution in [1.82, 2.24) is 9.66 Å². The molecule has 25 heavy (non-hydrogen) atoms. The molecule has 0 aliphatic carbocycles. The molecule has 0 bridgehead atoms. The highest BCUT2D eigenvalue weighted by Gasteiger charge is 2.07. The number of nitrogens with zero attached hydrogens (tertiary/aromatic N) is 4. The Hall–Kier alpha value is -3.17. The number of nitriles is 1. The monoisotopic (exact) mass is 352 g/mol. The Labute approximate surface area is 148 Å². The van der Waals surface area contributed by atoms with Gasteiger partial charge < -0.3 is 4.74 Å². The second-order valence-electron chi connectivity index (χ2n) is 5.20. The molecule has 0 aliphatic heterocycles. The Morgan fingerprint density at radius 3 is 2.80 bits per heavy atom. The maximum atomic E-state index is 12.6. The summed E-state index contributed by atoms with van der Waals surface area (Å²) in [6, 6.07) is 13.9. The third-order valence-electron chi connectivity index (χ3n) is 3.48. The maximum absolute atomic E-state index is 12.6. The number of fused-ring (bicyclic) bond motifs is 1. The molecule has 0 saturated heterocycles. The van der Waals surface area contributed by atoms with Crippen LogP contribution >= 0.6 is 11.6 Å². The van der Waals surface area contributed by atoms with Crippen molar-refractivity contribution >= 4 is 28.7 Å². The predicted molar refractivity (Wildman–Crippen MR) is 96.3 cm³/mol. The minimum absolute atomic E-state index is 0.00516. The van der Waals surface area contributed by atoms with Crippen LogP contribution < -0.4 is 10.3 Å². The van der Waals surface area contributed by atoms with Crippen molar-refractivity contribution in [2.24, 2.45) is 5.10 Å². The number of benzene rings is 2. The molecule has 0 aliphatic rings. The van der Waals surface area contributed by atoms with E-state index in [4.69, 9.17) is 21.6 Å². The van der Waals surface area contributed by atoms with Gasteiger partial charge in [0.1, 0.15) is 17.6 Å². The molecule has 0 fully saturated rings. The Bertz CT molecular complexity index is 1050. The van der Waals surface area contributed by atoms with Crippen molar-refractivity contribution in [3.8, 4) is 11.8 Å². The second kappa shape index (κ2) is 7.16. The summed E-state index contributed by atoms with van der Waals surface area (Å²) in [6.07, 6.45) is 1.56. The predicted octanol–water partition coefficient (Wildman–Crippen LogP) is 3.14. The lowest BCUT2D eigenvalue weighted by molar-refractivity contribution is 0.368. The van der Waals surface area contributed by atoms with Gasteiger partial charge >= 0.3 is 0 Å². The van der Waals surface area contributed by atoms with Crippen molar-refractivity contribution in [1.29, 1.82) is 5.26 Å². The Morgan fingerprint density at radius 2 is 2.08 bits per heavy atom. The van der Waals surface area contributed by atoms with Crippen molar-refractivity contribution in [2.75, 3.05) is 6.61 Å².